The van der Waals surface area contributed by atoms with Crippen molar-refractivity contribution in [3.63, 3.8) is 0 Å². The minimum Gasteiger partial charge on any atom is -0.383 e. The predicted octanol–water partition coefficient (Wildman–Crippen LogP) is 5.10. The van der Waals surface area contributed by atoms with E-state index in [1.807, 2.05) is 62.8 Å². The van der Waals surface area contributed by atoms with Crippen molar-refractivity contribution in [2.24, 2.45) is 4.99 Å². The summed E-state index contributed by atoms with van der Waals surface area (Å²) < 4.78 is 7.29. The summed E-state index contributed by atoms with van der Waals surface area (Å²) in [5.41, 5.74) is 2.36. The lowest BCUT2D eigenvalue weighted by Gasteiger charge is -2.41. The lowest BCUT2D eigenvalue weighted by atomic mass is 9.93. The van der Waals surface area contributed by atoms with E-state index in [0.29, 0.717) is 37.3 Å². The van der Waals surface area contributed by atoms with Gasteiger partial charge >= 0.3 is 16.2 Å². The van der Waals surface area contributed by atoms with Crippen LogP contribution in [-0.2, 0) is 4.74 Å². The van der Waals surface area contributed by atoms with Crippen LogP contribution in [0.3, 0.4) is 0 Å². The molecule has 0 fully saturated rings. The highest BCUT2D eigenvalue weighted by Crippen LogP contribution is 2.49. The number of fused-ring (bicyclic) bond motifs is 2. The molecular weight excluding hydrogens is 593 g/mol. The minimum absolute atomic E-state index is 0.0251. The first-order chi connectivity index (χ1) is 21.5. The largest absolute Gasteiger partial charge is 0.383 e. The first-order valence-electron chi connectivity index (χ1n) is 14.2. The standard InChI is InChI=1S/C31H33N10OS2/c1-40(2)18-16-36-29-35-15-13-25(21(20-32)22-12-14-33-28(37-22)34-17-19-42-3)41(29,30-38-23-8-4-6-10-26(23)43-30)31-39-24-9-5-7-11-27(24)44-31/h4-15,21,25H,16-19H2,1-3H3,(H,35,36)(H,33,34,37)/q+1. The van der Waals surface area contributed by atoms with Gasteiger partial charge in [0.05, 0.1) is 45.3 Å². The van der Waals surface area contributed by atoms with Crippen LogP contribution < -0.4 is 15.1 Å². The SMILES string of the molecule is COCCNc1nccc(C(C#N)C2C=CNC(=NCCN(C)C)[N+]2(c2nc3ccccc3s2)c2nc3ccccc3s2)n1. The van der Waals surface area contributed by atoms with E-state index in [1.165, 1.54) is 0 Å². The third kappa shape index (κ3) is 5.66. The van der Waals surface area contributed by atoms with E-state index in [4.69, 9.17) is 24.7 Å². The molecule has 6 rings (SSSR count). The van der Waals surface area contributed by atoms with Crippen molar-refractivity contribution in [2.45, 2.75) is 12.0 Å². The zero-order valence-corrected chi connectivity index (χ0v) is 26.3. The number of likely N-dealkylation sites (N-methyl/N-ethyl adjacent to an activating group) is 1. The number of nitriles is 1. The van der Waals surface area contributed by atoms with E-state index in [1.54, 1.807) is 42.0 Å². The van der Waals surface area contributed by atoms with Crippen LogP contribution in [-0.4, -0.2) is 84.3 Å². The number of benzene rings is 2. The molecule has 5 aromatic rings. The Labute approximate surface area is 263 Å². The molecule has 0 radical (unpaired) electrons. The molecule has 0 spiro atoms. The highest BCUT2D eigenvalue weighted by molar-refractivity contribution is 7.24. The van der Waals surface area contributed by atoms with Gasteiger partial charge in [0.2, 0.25) is 5.95 Å². The number of methoxy groups -OCH3 is 1. The van der Waals surface area contributed by atoms with Gasteiger partial charge < -0.3 is 20.3 Å². The van der Waals surface area contributed by atoms with Crippen LogP contribution in [0.4, 0.5) is 16.2 Å². The van der Waals surface area contributed by atoms with Crippen molar-refractivity contribution in [1.82, 2.24) is 34.6 Å². The van der Waals surface area contributed by atoms with E-state index in [2.05, 4.69) is 38.7 Å². The second-order valence-corrected chi connectivity index (χ2v) is 12.5. The maximum atomic E-state index is 10.9. The fraction of sp³-hybridized carbons (Fsp3) is 0.290. The van der Waals surface area contributed by atoms with Gasteiger partial charge in [-0.15, -0.1) is 4.48 Å². The van der Waals surface area contributed by atoms with Crippen LogP contribution in [0.1, 0.15) is 11.6 Å². The van der Waals surface area contributed by atoms with Crippen LogP contribution in [0.5, 0.6) is 0 Å². The molecule has 3 aromatic heterocycles. The number of hydrogen-bond donors (Lipinski definition) is 2. The third-order valence-electron chi connectivity index (χ3n) is 7.33. The van der Waals surface area contributed by atoms with Gasteiger partial charge in [-0.3, -0.25) is 0 Å². The van der Waals surface area contributed by atoms with Gasteiger partial charge in [0.25, 0.3) is 0 Å². The Kier molecular flexibility index (Phi) is 8.87. The number of guanidine groups is 1. The Morgan fingerprint density at radius 2 is 1.73 bits per heavy atom. The van der Waals surface area contributed by atoms with E-state index in [-0.39, 0.29) is 4.48 Å². The minimum atomic E-state index is -0.697. The summed E-state index contributed by atoms with van der Waals surface area (Å²) >= 11 is 3.18. The highest BCUT2D eigenvalue weighted by atomic mass is 32.1. The molecule has 11 nitrogen and oxygen atoms in total. The van der Waals surface area contributed by atoms with Gasteiger partial charge in [-0.05, 0) is 50.5 Å². The summed E-state index contributed by atoms with van der Waals surface area (Å²) in [6, 6.07) is 20.1. The quantitative estimate of drug-likeness (QED) is 0.152. The molecule has 0 saturated carbocycles. The molecule has 13 heteroatoms. The van der Waals surface area contributed by atoms with Crippen LogP contribution >= 0.6 is 22.7 Å². The average molecular weight is 626 g/mol. The maximum absolute atomic E-state index is 10.9. The number of nitrogens with one attached hydrogen (secondary N) is 2. The number of para-hydroxylation sites is 2. The summed E-state index contributed by atoms with van der Waals surface area (Å²) in [5.74, 6) is 0.401. The Morgan fingerprint density at radius 1 is 1.05 bits per heavy atom. The fourth-order valence-corrected chi connectivity index (χ4v) is 7.54. The lowest BCUT2D eigenvalue weighted by Crippen LogP contribution is -2.64. The summed E-state index contributed by atoms with van der Waals surface area (Å²) in [5, 5.41) is 19.1. The fourth-order valence-electron chi connectivity index (χ4n) is 5.19. The summed E-state index contributed by atoms with van der Waals surface area (Å²) in [4.78, 5) is 26.8. The average Bonchev–Trinajstić information content (AvgIpc) is 3.67. The van der Waals surface area contributed by atoms with Crippen LogP contribution in [0.2, 0.25) is 0 Å². The van der Waals surface area contributed by atoms with Crippen LogP contribution in [0.25, 0.3) is 20.4 Å². The second kappa shape index (κ2) is 13.1. The number of aliphatic imine (C=N–C) groups is 1. The maximum Gasteiger partial charge on any atom is 0.316 e. The van der Waals surface area contributed by atoms with E-state index < -0.39 is 12.0 Å². The number of nitrogens with zero attached hydrogens (tertiary/aromatic N) is 8. The van der Waals surface area contributed by atoms with Crippen molar-refractivity contribution in [2.75, 3.05) is 52.8 Å². The van der Waals surface area contributed by atoms with Gasteiger partial charge in [0, 0.05) is 32.6 Å². The van der Waals surface area contributed by atoms with Crippen LogP contribution in [0, 0.1) is 11.3 Å². The van der Waals surface area contributed by atoms with Crippen molar-refractivity contribution >= 4 is 65.3 Å². The Bertz CT molecular complexity index is 1720. The third-order valence-corrected chi connectivity index (χ3v) is 9.58. The topological polar surface area (TPSA) is 124 Å². The molecule has 4 heterocycles. The van der Waals surface area contributed by atoms with Crippen molar-refractivity contribution < 1.29 is 4.74 Å². The number of aromatic nitrogens is 4. The molecule has 1 aliphatic rings. The number of rotatable bonds is 11. The molecule has 2 atom stereocenters. The Morgan fingerprint density at radius 3 is 2.34 bits per heavy atom. The number of quaternary nitrogens is 1. The molecule has 44 heavy (non-hydrogen) atoms. The Hall–Kier alpha value is -4.32. The molecule has 2 N–H and O–H groups in total. The van der Waals surface area contributed by atoms with E-state index >= 15 is 0 Å². The lowest BCUT2D eigenvalue weighted by molar-refractivity contribution is 0.210. The summed E-state index contributed by atoms with van der Waals surface area (Å²) in [6.07, 6.45) is 5.58. The normalized spacial score (nSPS) is 17.6. The van der Waals surface area contributed by atoms with Crippen molar-refractivity contribution in [3.05, 3.63) is 78.8 Å². The van der Waals surface area contributed by atoms with E-state index in [0.717, 1.165) is 37.2 Å². The highest BCUT2D eigenvalue weighted by Gasteiger charge is 2.56. The first kappa shape index (κ1) is 29.7. The van der Waals surface area contributed by atoms with Crippen LogP contribution in [0.15, 0.2) is 78.1 Å². The molecule has 2 aromatic carbocycles. The zero-order valence-electron chi connectivity index (χ0n) is 24.7. The number of anilines is 1. The smallest absolute Gasteiger partial charge is 0.316 e. The molecule has 0 amide bonds. The van der Waals surface area contributed by atoms with Gasteiger partial charge in [-0.2, -0.15) is 15.2 Å². The Balaban J connectivity index is 1.60. The van der Waals surface area contributed by atoms with Gasteiger partial charge in [-0.25, -0.2) is 15.0 Å². The van der Waals surface area contributed by atoms with Crippen molar-refractivity contribution in [3.8, 4) is 6.07 Å². The monoisotopic (exact) mass is 625 g/mol. The molecule has 224 valence electrons. The predicted molar refractivity (Wildman–Crippen MR) is 178 cm³/mol. The number of thiazole rings is 2. The number of ether oxygens (including phenoxy) is 1. The molecule has 0 aliphatic carbocycles. The molecule has 1 aliphatic heterocycles. The second-order valence-electron chi connectivity index (χ2n) is 10.5. The van der Waals surface area contributed by atoms with Gasteiger partial charge in [-0.1, -0.05) is 46.9 Å². The zero-order chi connectivity index (χ0) is 30.5. The van der Waals surface area contributed by atoms with Gasteiger partial charge in [0.15, 0.2) is 6.04 Å². The summed E-state index contributed by atoms with van der Waals surface area (Å²) in [7, 11) is 5.70. The summed E-state index contributed by atoms with van der Waals surface area (Å²) in [6.45, 7) is 2.35. The first-order valence-corrected chi connectivity index (χ1v) is 15.9. The molecular formula is C31H33N10OS2+. The molecule has 0 saturated heterocycles. The van der Waals surface area contributed by atoms with E-state index in [9.17, 15) is 5.26 Å². The molecule has 2 unspecified atom stereocenters. The molecule has 0 bridgehead atoms. The van der Waals surface area contributed by atoms with Crippen molar-refractivity contribution in [1.29, 1.82) is 5.26 Å². The number of hydrogen-bond acceptors (Lipinski definition) is 11. The van der Waals surface area contributed by atoms with Gasteiger partial charge in [0.1, 0.15) is 5.92 Å².